The van der Waals surface area contributed by atoms with E-state index in [1.165, 1.54) is 0 Å². The Hall–Kier alpha value is -3.55. The summed E-state index contributed by atoms with van der Waals surface area (Å²) in [6.45, 7) is 1.64. The van der Waals surface area contributed by atoms with Gasteiger partial charge in [-0.15, -0.1) is 0 Å². The van der Waals surface area contributed by atoms with Gasteiger partial charge in [0.2, 0.25) is 6.41 Å². The van der Waals surface area contributed by atoms with Crippen LogP contribution in [-0.2, 0) is 4.79 Å². The predicted molar refractivity (Wildman–Crippen MR) is 133 cm³/mol. The number of aliphatic hydroxyl groups is 1. The van der Waals surface area contributed by atoms with Crippen molar-refractivity contribution < 1.29 is 14.7 Å². The lowest BCUT2D eigenvalue weighted by molar-refractivity contribution is -0.105. The topological polar surface area (TPSA) is 93.7 Å². The number of amides is 2. The molecule has 1 fully saturated rings. The Bertz CT molecular complexity index is 1110. The van der Waals surface area contributed by atoms with Gasteiger partial charge in [-0.2, -0.15) is 0 Å². The number of anilines is 5. The van der Waals surface area contributed by atoms with E-state index >= 15 is 0 Å². The molecule has 33 heavy (non-hydrogen) atoms. The van der Waals surface area contributed by atoms with Crippen LogP contribution >= 0.6 is 11.6 Å². The largest absolute Gasteiger partial charge is 0.393 e. The van der Waals surface area contributed by atoms with Crippen LogP contribution in [-0.4, -0.2) is 36.6 Å². The van der Waals surface area contributed by atoms with Gasteiger partial charge in [0.15, 0.2) is 0 Å². The summed E-state index contributed by atoms with van der Waals surface area (Å²) in [5, 5.41) is 18.8. The molecule has 4 N–H and O–H groups in total. The normalized spacial score (nSPS) is 13.9. The lowest BCUT2D eigenvalue weighted by Crippen LogP contribution is -2.35. The molecule has 8 heteroatoms. The van der Waals surface area contributed by atoms with Crippen LogP contribution in [0.2, 0.25) is 5.02 Å². The number of hydrogen-bond acceptors (Lipinski definition) is 5. The Morgan fingerprint density at radius 1 is 0.939 bits per heavy atom. The molecule has 0 atom stereocenters. The molecule has 3 aromatic rings. The molecule has 0 unspecified atom stereocenters. The van der Waals surface area contributed by atoms with Crippen molar-refractivity contribution in [2.75, 3.05) is 33.9 Å². The highest BCUT2D eigenvalue weighted by Crippen LogP contribution is 2.29. The first-order valence-electron chi connectivity index (χ1n) is 10.7. The maximum atomic E-state index is 12.6. The van der Waals surface area contributed by atoms with Crippen molar-refractivity contribution in [3.63, 3.8) is 0 Å². The number of hydrogen-bond donors (Lipinski definition) is 4. The molecule has 2 amide bonds. The summed E-state index contributed by atoms with van der Waals surface area (Å²) in [7, 11) is 0. The summed E-state index contributed by atoms with van der Waals surface area (Å²) in [5.41, 5.74) is 4.43. The Morgan fingerprint density at radius 3 is 2.21 bits per heavy atom. The summed E-state index contributed by atoms with van der Waals surface area (Å²) in [4.78, 5) is 25.4. The second-order valence-corrected chi connectivity index (χ2v) is 8.29. The molecule has 7 nitrogen and oxygen atoms in total. The van der Waals surface area contributed by atoms with Gasteiger partial charge in [0, 0.05) is 41.4 Å². The quantitative estimate of drug-likeness (QED) is 0.374. The monoisotopic (exact) mass is 464 g/mol. The Kier molecular flexibility index (Phi) is 7.12. The summed E-state index contributed by atoms with van der Waals surface area (Å²) < 4.78 is 0. The number of aliphatic hydroxyl groups excluding tert-OH is 1. The van der Waals surface area contributed by atoms with Crippen LogP contribution in [0.4, 0.5) is 28.4 Å². The molecule has 0 radical (unpaired) electrons. The van der Waals surface area contributed by atoms with E-state index in [1.54, 1.807) is 18.2 Å². The minimum Gasteiger partial charge on any atom is -0.393 e. The lowest BCUT2D eigenvalue weighted by atomic mass is 10.1. The van der Waals surface area contributed by atoms with E-state index in [4.69, 9.17) is 11.6 Å². The first-order valence-corrected chi connectivity index (χ1v) is 11.1. The van der Waals surface area contributed by atoms with Gasteiger partial charge in [0.05, 0.1) is 16.8 Å². The minimum absolute atomic E-state index is 0.183. The molecule has 1 aliphatic heterocycles. The maximum absolute atomic E-state index is 12.6. The number of piperidine rings is 1. The third-order valence-corrected chi connectivity index (χ3v) is 5.89. The fourth-order valence-corrected chi connectivity index (χ4v) is 3.95. The van der Waals surface area contributed by atoms with Gasteiger partial charge >= 0.3 is 0 Å². The van der Waals surface area contributed by atoms with Crippen molar-refractivity contribution in [2.45, 2.75) is 18.9 Å². The molecule has 4 rings (SSSR count). The van der Waals surface area contributed by atoms with E-state index in [0.29, 0.717) is 34.1 Å². The fourth-order valence-electron chi connectivity index (χ4n) is 3.72. The molecule has 0 bridgehead atoms. The highest BCUT2D eigenvalue weighted by molar-refractivity contribution is 6.33. The first kappa shape index (κ1) is 22.6. The highest BCUT2D eigenvalue weighted by Gasteiger charge is 2.17. The number of nitrogens with zero attached hydrogens (tertiary/aromatic N) is 1. The van der Waals surface area contributed by atoms with E-state index in [1.807, 2.05) is 48.5 Å². The number of benzene rings is 3. The molecule has 0 saturated carbocycles. The van der Waals surface area contributed by atoms with Crippen LogP contribution in [0.15, 0.2) is 66.7 Å². The SMILES string of the molecule is O=CNc1ccc(Nc2ccc(NC(=O)c3ccc(N4CCC(O)CC4)cc3)cc2)c(Cl)c1. The molecule has 1 heterocycles. The van der Waals surface area contributed by atoms with Gasteiger partial charge in [-0.25, -0.2) is 0 Å². The van der Waals surface area contributed by atoms with Crippen LogP contribution in [0, 0.1) is 0 Å². The second kappa shape index (κ2) is 10.4. The lowest BCUT2D eigenvalue weighted by Gasteiger charge is -2.31. The number of halogens is 1. The Labute approximate surface area is 197 Å². The second-order valence-electron chi connectivity index (χ2n) is 7.88. The van der Waals surface area contributed by atoms with Crippen molar-refractivity contribution in [1.82, 2.24) is 0 Å². The Morgan fingerprint density at radius 2 is 1.58 bits per heavy atom. The van der Waals surface area contributed by atoms with Gasteiger partial charge in [-0.05, 0) is 79.6 Å². The van der Waals surface area contributed by atoms with E-state index in [9.17, 15) is 14.7 Å². The van der Waals surface area contributed by atoms with Crippen molar-refractivity contribution in [1.29, 1.82) is 0 Å². The highest BCUT2D eigenvalue weighted by atomic mass is 35.5. The molecule has 1 aliphatic rings. The van der Waals surface area contributed by atoms with Gasteiger partial charge in [0.25, 0.3) is 5.91 Å². The van der Waals surface area contributed by atoms with Crippen LogP contribution in [0.5, 0.6) is 0 Å². The number of nitrogens with one attached hydrogen (secondary N) is 3. The average molecular weight is 465 g/mol. The van der Waals surface area contributed by atoms with E-state index in [0.717, 1.165) is 37.3 Å². The van der Waals surface area contributed by atoms with Crippen molar-refractivity contribution in [3.05, 3.63) is 77.3 Å². The average Bonchev–Trinajstić information content (AvgIpc) is 2.83. The third kappa shape index (κ3) is 5.83. The van der Waals surface area contributed by atoms with Crippen LogP contribution < -0.4 is 20.9 Å². The van der Waals surface area contributed by atoms with Crippen molar-refractivity contribution in [3.8, 4) is 0 Å². The molecule has 1 saturated heterocycles. The van der Waals surface area contributed by atoms with E-state index in [-0.39, 0.29) is 12.0 Å². The molecule has 170 valence electrons. The van der Waals surface area contributed by atoms with Gasteiger partial charge in [-0.3, -0.25) is 9.59 Å². The maximum Gasteiger partial charge on any atom is 0.255 e. The molecule has 0 spiro atoms. The van der Waals surface area contributed by atoms with Gasteiger partial charge < -0.3 is 26.0 Å². The van der Waals surface area contributed by atoms with E-state index in [2.05, 4.69) is 20.9 Å². The molecule has 0 aliphatic carbocycles. The summed E-state index contributed by atoms with van der Waals surface area (Å²) in [6, 6.07) is 20.0. The Balaban J connectivity index is 1.35. The zero-order chi connectivity index (χ0) is 23.2. The first-order chi connectivity index (χ1) is 16.0. The molecular weight excluding hydrogens is 440 g/mol. The van der Waals surface area contributed by atoms with Crippen LogP contribution in [0.3, 0.4) is 0 Å². The molecule has 0 aromatic heterocycles. The predicted octanol–water partition coefficient (Wildman–Crippen LogP) is 4.87. The van der Waals surface area contributed by atoms with Gasteiger partial charge in [0.1, 0.15) is 0 Å². The number of rotatable bonds is 7. The smallest absolute Gasteiger partial charge is 0.255 e. The van der Waals surface area contributed by atoms with Crippen molar-refractivity contribution in [2.24, 2.45) is 0 Å². The number of carbonyl (C=O) groups excluding carboxylic acids is 2. The zero-order valence-electron chi connectivity index (χ0n) is 17.9. The molecule has 3 aromatic carbocycles. The van der Waals surface area contributed by atoms with Gasteiger partial charge in [-0.1, -0.05) is 11.6 Å². The molecular formula is C25H25ClN4O3. The summed E-state index contributed by atoms with van der Waals surface area (Å²) >= 11 is 6.26. The minimum atomic E-state index is -0.212. The summed E-state index contributed by atoms with van der Waals surface area (Å²) in [6.07, 6.45) is 1.92. The number of carbonyl (C=O) groups is 2. The zero-order valence-corrected chi connectivity index (χ0v) is 18.7. The van der Waals surface area contributed by atoms with Crippen LogP contribution in [0.25, 0.3) is 0 Å². The van der Waals surface area contributed by atoms with Crippen molar-refractivity contribution >= 4 is 52.4 Å². The van der Waals surface area contributed by atoms with Crippen LogP contribution in [0.1, 0.15) is 23.2 Å². The summed E-state index contributed by atoms with van der Waals surface area (Å²) in [5.74, 6) is -0.183. The fraction of sp³-hybridized carbons (Fsp3) is 0.200. The third-order valence-electron chi connectivity index (χ3n) is 5.58. The van der Waals surface area contributed by atoms with E-state index < -0.39 is 0 Å². The standard InChI is InChI=1S/C25H25ClN4O3/c26-23-15-20(27-16-31)7-10-24(23)28-18-3-5-19(6-4-18)29-25(33)17-1-8-21(9-2-17)30-13-11-22(32)12-14-30/h1-10,15-16,22,28,32H,11-14H2,(H,27,31)(H,29,33).